The number of anilines is 1. The third kappa shape index (κ3) is 3.97. The van der Waals surface area contributed by atoms with E-state index < -0.39 is 0 Å². The summed E-state index contributed by atoms with van der Waals surface area (Å²) in [5, 5.41) is 19.1. The molecule has 6 heteroatoms. The topological polar surface area (TPSA) is 88.5 Å². The van der Waals surface area contributed by atoms with Gasteiger partial charge < -0.3 is 16.3 Å². The van der Waals surface area contributed by atoms with Crippen molar-refractivity contribution in [3.8, 4) is 0 Å². The highest BCUT2D eigenvalue weighted by atomic mass is 16.4. The maximum atomic E-state index is 8.40. The maximum Gasteiger partial charge on any atom is 0.139 e. The summed E-state index contributed by atoms with van der Waals surface area (Å²) in [6.07, 6.45) is 3.38. The molecular formula is C11H21N5O. The molecule has 1 rings (SSSR count). The number of nitrogens with one attached hydrogen (secondary N) is 1. The van der Waals surface area contributed by atoms with Crippen LogP contribution in [0.2, 0.25) is 0 Å². The van der Waals surface area contributed by atoms with E-state index in [0.717, 1.165) is 24.3 Å². The van der Waals surface area contributed by atoms with Crippen LogP contribution in [0.4, 0.5) is 5.69 Å². The predicted molar refractivity (Wildman–Crippen MR) is 68.4 cm³/mol. The van der Waals surface area contributed by atoms with Crippen molar-refractivity contribution in [3.63, 3.8) is 0 Å². The van der Waals surface area contributed by atoms with E-state index in [4.69, 9.17) is 10.9 Å². The SMILES string of the molecule is CC(C)c1nn(C)cc1NCCC/C(N)=N/O. The average molecular weight is 239 g/mol. The Hall–Kier alpha value is -1.72. The molecule has 96 valence electrons. The molecule has 4 N–H and O–H groups in total. The Morgan fingerprint density at radius 1 is 1.65 bits per heavy atom. The highest BCUT2D eigenvalue weighted by molar-refractivity contribution is 5.79. The van der Waals surface area contributed by atoms with Crippen molar-refractivity contribution in [3.05, 3.63) is 11.9 Å². The second-order valence-electron chi connectivity index (χ2n) is 4.38. The summed E-state index contributed by atoms with van der Waals surface area (Å²) in [4.78, 5) is 0. The Kier molecular flexibility index (Phi) is 4.81. The Morgan fingerprint density at radius 3 is 2.94 bits per heavy atom. The van der Waals surface area contributed by atoms with E-state index in [1.807, 2.05) is 13.2 Å². The van der Waals surface area contributed by atoms with E-state index in [1.165, 1.54) is 0 Å². The van der Waals surface area contributed by atoms with Crippen LogP contribution in [0.3, 0.4) is 0 Å². The molecule has 1 heterocycles. The van der Waals surface area contributed by atoms with Crippen molar-refractivity contribution >= 4 is 11.5 Å². The molecule has 0 aliphatic heterocycles. The van der Waals surface area contributed by atoms with Gasteiger partial charge in [-0.2, -0.15) is 5.10 Å². The first-order valence-electron chi connectivity index (χ1n) is 5.78. The van der Waals surface area contributed by atoms with Crippen LogP contribution >= 0.6 is 0 Å². The van der Waals surface area contributed by atoms with Gasteiger partial charge in [0.05, 0.1) is 11.4 Å². The molecule has 0 aromatic carbocycles. The minimum absolute atomic E-state index is 0.266. The van der Waals surface area contributed by atoms with Gasteiger partial charge in [0.25, 0.3) is 0 Å². The first-order chi connectivity index (χ1) is 8.04. The van der Waals surface area contributed by atoms with Crippen LogP contribution in [0.25, 0.3) is 0 Å². The van der Waals surface area contributed by atoms with Gasteiger partial charge in [-0.15, -0.1) is 0 Å². The fourth-order valence-corrected chi connectivity index (χ4v) is 1.61. The van der Waals surface area contributed by atoms with Gasteiger partial charge in [-0.3, -0.25) is 4.68 Å². The maximum absolute atomic E-state index is 8.40. The summed E-state index contributed by atoms with van der Waals surface area (Å²) in [5.41, 5.74) is 7.51. The fourth-order valence-electron chi connectivity index (χ4n) is 1.61. The largest absolute Gasteiger partial charge is 0.409 e. The summed E-state index contributed by atoms with van der Waals surface area (Å²) in [6, 6.07) is 0. The second-order valence-corrected chi connectivity index (χ2v) is 4.38. The predicted octanol–water partition coefficient (Wildman–Crippen LogP) is 1.48. The molecule has 0 amide bonds. The van der Waals surface area contributed by atoms with Gasteiger partial charge in [0.2, 0.25) is 0 Å². The van der Waals surface area contributed by atoms with E-state index in [9.17, 15) is 0 Å². The van der Waals surface area contributed by atoms with Gasteiger partial charge in [-0.25, -0.2) is 0 Å². The zero-order valence-corrected chi connectivity index (χ0v) is 10.6. The lowest BCUT2D eigenvalue weighted by atomic mass is 10.1. The van der Waals surface area contributed by atoms with E-state index in [-0.39, 0.29) is 5.84 Å². The third-order valence-electron chi connectivity index (χ3n) is 2.46. The smallest absolute Gasteiger partial charge is 0.139 e. The van der Waals surface area contributed by atoms with Crippen LogP contribution in [0, 0.1) is 0 Å². The van der Waals surface area contributed by atoms with Gasteiger partial charge in [0.1, 0.15) is 5.84 Å². The van der Waals surface area contributed by atoms with Crippen LogP contribution < -0.4 is 11.1 Å². The van der Waals surface area contributed by atoms with Crippen molar-refractivity contribution in [2.24, 2.45) is 17.9 Å². The van der Waals surface area contributed by atoms with Gasteiger partial charge in [-0.05, 0) is 12.3 Å². The minimum atomic E-state index is 0.266. The van der Waals surface area contributed by atoms with Crippen molar-refractivity contribution in [2.75, 3.05) is 11.9 Å². The molecule has 0 saturated heterocycles. The molecule has 0 saturated carbocycles. The van der Waals surface area contributed by atoms with Crippen molar-refractivity contribution in [1.82, 2.24) is 9.78 Å². The lowest BCUT2D eigenvalue weighted by Crippen LogP contribution is -2.13. The number of rotatable bonds is 6. The van der Waals surface area contributed by atoms with Gasteiger partial charge >= 0.3 is 0 Å². The molecule has 0 unspecified atom stereocenters. The van der Waals surface area contributed by atoms with Gasteiger partial charge in [0.15, 0.2) is 0 Å². The normalized spacial score (nSPS) is 12.1. The minimum Gasteiger partial charge on any atom is -0.409 e. The molecule has 17 heavy (non-hydrogen) atoms. The lowest BCUT2D eigenvalue weighted by Gasteiger charge is -2.07. The van der Waals surface area contributed by atoms with Crippen molar-refractivity contribution in [2.45, 2.75) is 32.6 Å². The Labute approximate surface area is 101 Å². The number of hydrogen-bond donors (Lipinski definition) is 3. The summed E-state index contributed by atoms with van der Waals surface area (Å²) in [6.45, 7) is 5.01. The standard InChI is InChI=1S/C11H21N5O/c1-8(2)11-9(7-16(3)14-11)13-6-4-5-10(12)15-17/h7-8,13,17H,4-6H2,1-3H3,(H2,12,15). The first kappa shape index (κ1) is 13.3. The zero-order chi connectivity index (χ0) is 12.8. The molecule has 0 aliphatic carbocycles. The van der Waals surface area contributed by atoms with Crippen molar-refractivity contribution < 1.29 is 5.21 Å². The van der Waals surface area contributed by atoms with Crippen LogP contribution in [0.5, 0.6) is 0 Å². The molecule has 0 aliphatic rings. The van der Waals surface area contributed by atoms with E-state index in [1.54, 1.807) is 4.68 Å². The molecule has 1 aromatic heterocycles. The Morgan fingerprint density at radius 2 is 2.35 bits per heavy atom. The number of aryl methyl sites for hydroxylation is 1. The van der Waals surface area contributed by atoms with Gasteiger partial charge in [-0.1, -0.05) is 19.0 Å². The highest BCUT2D eigenvalue weighted by Gasteiger charge is 2.10. The molecule has 0 fully saturated rings. The fraction of sp³-hybridized carbons (Fsp3) is 0.636. The molecule has 0 radical (unpaired) electrons. The average Bonchev–Trinajstić information content (AvgIpc) is 2.65. The van der Waals surface area contributed by atoms with Crippen LogP contribution in [0.1, 0.15) is 38.3 Å². The number of nitrogens with two attached hydrogens (primary N) is 1. The number of hydrogen-bond acceptors (Lipinski definition) is 4. The Bertz CT molecular complexity index is 383. The van der Waals surface area contributed by atoms with E-state index in [0.29, 0.717) is 12.3 Å². The monoisotopic (exact) mass is 239 g/mol. The second kappa shape index (κ2) is 6.12. The summed E-state index contributed by atoms with van der Waals surface area (Å²) in [7, 11) is 1.91. The summed E-state index contributed by atoms with van der Waals surface area (Å²) < 4.78 is 1.81. The molecule has 0 bridgehead atoms. The molecule has 1 aromatic rings. The van der Waals surface area contributed by atoms with Crippen molar-refractivity contribution in [1.29, 1.82) is 0 Å². The zero-order valence-electron chi connectivity index (χ0n) is 10.6. The third-order valence-corrected chi connectivity index (χ3v) is 2.46. The summed E-state index contributed by atoms with van der Waals surface area (Å²) in [5.74, 6) is 0.657. The molecular weight excluding hydrogens is 218 g/mol. The molecule has 6 nitrogen and oxygen atoms in total. The number of amidine groups is 1. The van der Waals surface area contributed by atoms with Crippen LogP contribution in [0.15, 0.2) is 11.4 Å². The molecule has 0 atom stereocenters. The number of oxime groups is 1. The van der Waals surface area contributed by atoms with E-state index >= 15 is 0 Å². The van der Waals surface area contributed by atoms with Gasteiger partial charge in [0, 0.05) is 26.2 Å². The first-order valence-corrected chi connectivity index (χ1v) is 5.78. The number of nitrogens with zero attached hydrogens (tertiary/aromatic N) is 3. The van der Waals surface area contributed by atoms with Crippen LogP contribution in [-0.4, -0.2) is 27.4 Å². The van der Waals surface area contributed by atoms with Crippen LogP contribution in [-0.2, 0) is 7.05 Å². The van der Waals surface area contributed by atoms with E-state index in [2.05, 4.69) is 29.4 Å². The molecule has 0 spiro atoms. The lowest BCUT2D eigenvalue weighted by molar-refractivity contribution is 0.316. The highest BCUT2D eigenvalue weighted by Crippen LogP contribution is 2.21. The summed E-state index contributed by atoms with van der Waals surface area (Å²) >= 11 is 0. The Balaban J connectivity index is 2.46. The quantitative estimate of drug-likeness (QED) is 0.231. The number of aromatic nitrogens is 2.